The fraction of sp³-hybridized carbons (Fsp3) is 0.273. The summed E-state index contributed by atoms with van der Waals surface area (Å²) in [6.07, 6.45) is 0.0784. The van der Waals surface area contributed by atoms with E-state index in [1.807, 2.05) is 0 Å². The maximum atomic E-state index is 11.6. The third-order valence-electron chi connectivity index (χ3n) is 3.08. The van der Waals surface area contributed by atoms with Crippen molar-refractivity contribution in [2.24, 2.45) is 0 Å². The van der Waals surface area contributed by atoms with Crippen molar-refractivity contribution in [2.45, 2.75) is 18.4 Å². The van der Waals surface area contributed by atoms with Gasteiger partial charge in [0.2, 0.25) is 0 Å². The van der Waals surface area contributed by atoms with E-state index < -0.39 is 5.60 Å². The third-order valence-corrected chi connectivity index (χ3v) is 3.53. The van der Waals surface area contributed by atoms with Crippen LogP contribution in [0.1, 0.15) is 39.1 Å². The molecule has 0 radical (unpaired) electrons. The Bertz CT molecular complexity index is 480. The van der Waals surface area contributed by atoms with E-state index in [0.717, 1.165) is 0 Å². The number of carbonyl (C=O) groups excluding carboxylic acids is 2. The molecule has 76 valence electrons. The van der Waals surface area contributed by atoms with Gasteiger partial charge in [-0.2, -0.15) is 0 Å². The first kappa shape index (κ1) is 9.24. The number of ketones is 2. The summed E-state index contributed by atoms with van der Waals surface area (Å²) in [6.45, 7) is 0. The molecule has 2 aliphatic rings. The second-order valence-electron chi connectivity index (χ2n) is 4.11. The van der Waals surface area contributed by atoms with Crippen molar-refractivity contribution in [1.29, 1.82) is 0 Å². The topological polar surface area (TPSA) is 54.4 Å². The normalized spacial score (nSPS) is 20.9. The van der Waals surface area contributed by atoms with Crippen LogP contribution in [0.15, 0.2) is 16.6 Å². The molecule has 1 aromatic rings. The number of Topliss-reactive ketones (excluding diaryl/α,β-unsaturated/α-hetero) is 2. The zero-order valence-corrected chi connectivity index (χ0v) is 9.30. The van der Waals surface area contributed by atoms with E-state index in [-0.39, 0.29) is 24.4 Å². The van der Waals surface area contributed by atoms with Crippen molar-refractivity contribution >= 4 is 27.5 Å². The van der Waals surface area contributed by atoms with E-state index in [9.17, 15) is 14.7 Å². The van der Waals surface area contributed by atoms with Crippen molar-refractivity contribution in [3.05, 3.63) is 33.3 Å². The lowest BCUT2D eigenvalue weighted by Gasteiger charge is -2.14. The van der Waals surface area contributed by atoms with Gasteiger partial charge in [0, 0.05) is 34.0 Å². The minimum Gasteiger partial charge on any atom is -0.384 e. The first-order valence-corrected chi connectivity index (χ1v) is 5.43. The first-order valence-electron chi connectivity index (χ1n) is 4.64. The number of carbonyl (C=O) groups is 2. The Morgan fingerprint density at radius 3 is 2.07 bits per heavy atom. The summed E-state index contributed by atoms with van der Waals surface area (Å²) in [5.41, 5.74) is 0.306. The lowest BCUT2D eigenvalue weighted by Crippen LogP contribution is -2.19. The maximum Gasteiger partial charge on any atom is 0.166 e. The van der Waals surface area contributed by atoms with E-state index >= 15 is 0 Å². The SMILES string of the molecule is O=C1CC2(O)CC(=O)c3cc(Br)cc1c32. The molecule has 0 heterocycles. The second-order valence-corrected chi connectivity index (χ2v) is 5.02. The van der Waals surface area contributed by atoms with Crippen molar-refractivity contribution in [1.82, 2.24) is 0 Å². The minimum absolute atomic E-state index is 0.0392. The summed E-state index contributed by atoms with van der Waals surface area (Å²) in [5, 5.41) is 10.2. The zero-order valence-electron chi connectivity index (χ0n) is 7.71. The van der Waals surface area contributed by atoms with Crippen LogP contribution in [-0.4, -0.2) is 16.7 Å². The summed E-state index contributed by atoms with van der Waals surface area (Å²) >= 11 is 3.26. The van der Waals surface area contributed by atoms with Gasteiger partial charge in [-0.3, -0.25) is 9.59 Å². The molecule has 0 unspecified atom stereocenters. The highest BCUT2D eigenvalue weighted by atomic mass is 79.9. The number of halogens is 1. The Kier molecular flexibility index (Phi) is 1.58. The molecule has 0 bridgehead atoms. The third kappa shape index (κ3) is 1.03. The Morgan fingerprint density at radius 1 is 1.13 bits per heavy atom. The van der Waals surface area contributed by atoms with Gasteiger partial charge in [0.25, 0.3) is 0 Å². The summed E-state index contributed by atoms with van der Waals surface area (Å²) < 4.78 is 0.712. The molecule has 0 atom stereocenters. The standard InChI is InChI=1S/C11H7BrO3/c12-5-1-6-8(13)3-11(15)4-9(14)7(2-5)10(6)11/h1-2,15H,3-4H2. The summed E-state index contributed by atoms with van der Waals surface area (Å²) in [7, 11) is 0. The second kappa shape index (κ2) is 2.57. The number of hydrogen-bond acceptors (Lipinski definition) is 3. The van der Waals surface area contributed by atoms with E-state index in [1.54, 1.807) is 12.1 Å². The van der Waals surface area contributed by atoms with Gasteiger partial charge in [-0.25, -0.2) is 0 Å². The van der Waals surface area contributed by atoms with Gasteiger partial charge < -0.3 is 5.11 Å². The van der Waals surface area contributed by atoms with Crippen LogP contribution in [0.2, 0.25) is 0 Å². The molecule has 0 aliphatic heterocycles. The molecule has 0 aromatic heterocycles. The fourth-order valence-corrected chi connectivity index (χ4v) is 2.97. The van der Waals surface area contributed by atoms with Crippen LogP contribution in [-0.2, 0) is 5.60 Å². The highest BCUT2D eigenvalue weighted by Gasteiger charge is 2.50. The van der Waals surface area contributed by atoms with Crippen LogP contribution >= 0.6 is 15.9 Å². The highest BCUT2D eigenvalue weighted by molar-refractivity contribution is 9.10. The van der Waals surface area contributed by atoms with Gasteiger partial charge in [0.1, 0.15) is 5.60 Å². The predicted octanol–water partition coefficient (Wildman–Crippen LogP) is 1.81. The van der Waals surface area contributed by atoms with Crippen molar-refractivity contribution in [3.63, 3.8) is 0 Å². The minimum atomic E-state index is -1.22. The van der Waals surface area contributed by atoms with E-state index in [4.69, 9.17) is 0 Å². The van der Waals surface area contributed by atoms with Crippen molar-refractivity contribution in [2.75, 3.05) is 0 Å². The number of benzene rings is 1. The van der Waals surface area contributed by atoms with Gasteiger partial charge in [-0.15, -0.1) is 0 Å². The lowest BCUT2D eigenvalue weighted by atomic mass is 9.99. The van der Waals surface area contributed by atoms with Crippen LogP contribution in [0.3, 0.4) is 0 Å². The molecule has 3 nitrogen and oxygen atoms in total. The molecular formula is C11H7BrO3. The average Bonchev–Trinajstić information content (AvgIpc) is 2.50. The first-order chi connectivity index (χ1) is 7.01. The zero-order chi connectivity index (χ0) is 10.8. The maximum absolute atomic E-state index is 11.6. The quantitative estimate of drug-likeness (QED) is 0.779. The predicted molar refractivity (Wildman–Crippen MR) is 55.9 cm³/mol. The molecule has 4 heteroatoms. The summed E-state index contributed by atoms with van der Waals surface area (Å²) in [5.74, 6) is -0.162. The number of aliphatic hydroxyl groups is 1. The van der Waals surface area contributed by atoms with Crippen LogP contribution in [0.5, 0.6) is 0 Å². The van der Waals surface area contributed by atoms with Crippen LogP contribution in [0.25, 0.3) is 0 Å². The molecule has 2 aliphatic carbocycles. The Hall–Kier alpha value is -1.000. The number of hydrogen-bond donors (Lipinski definition) is 1. The van der Waals surface area contributed by atoms with E-state index in [0.29, 0.717) is 21.2 Å². The van der Waals surface area contributed by atoms with Crippen molar-refractivity contribution in [3.8, 4) is 0 Å². The molecule has 1 N–H and O–H groups in total. The summed E-state index contributed by atoms with van der Waals surface area (Å²) in [6, 6.07) is 3.36. The van der Waals surface area contributed by atoms with Gasteiger partial charge in [-0.1, -0.05) is 15.9 Å². The molecule has 15 heavy (non-hydrogen) atoms. The average molecular weight is 267 g/mol. The summed E-state index contributed by atoms with van der Waals surface area (Å²) in [4.78, 5) is 23.3. The molecule has 0 amide bonds. The highest BCUT2D eigenvalue weighted by Crippen LogP contribution is 2.48. The van der Waals surface area contributed by atoms with Gasteiger partial charge >= 0.3 is 0 Å². The van der Waals surface area contributed by atoms with Crippen LogP contribution in [0, 0.1) is 0 Å². The van der Waals surface area contributed by atoms with E-state index in [2.05, 4.69) is 15.9 Å². The van der Waals surface area contributed by atoms with Crippen LogP contribution < -0.4 is 0 Å². The largest absolute Gasteiger partial charge is 0.384 e. The molecule has 0 spiro atoms. The van der Waals surface area contributed by atoms with Crippen LogP contribution in [0.4, 0.5) is 0 Å². The number of rotatable bonds is 0. The molecule has 0 fully saturated rings. The molecular weight excluding hydrogens is 260 g/mol. The molecule has 0 saturated heterocycles. The monoisotopic (exact) mass is 266 g/mol. The Balaban J connectivity index is 2.42. The molecule has 1 aromatic carbocycles. The fourth-order valence-electron chi connectivity index (χ4n) is 2.51. The lowest BCUT2D eigenvalue weighted by molar-refractivity contribution is 0.0371. The van der Waals surface area contributed by atoms with Gasteiger partial charge in [0.05, 0.1) is 0 Å². The Morgan fingerprint density at radius 2 is 1.60 bits per heavy atom. The molecule has 0 saturated carbocycles. The Labute approximate surface area is 94.2 Å². The van der Waals surface area contributed by atoms with E-state index in [1.165, 1.54) is 0 Å². The smallest absolute Gasteiger partial charge is 0.166 e. The van der Waals surface area contributed by atoms with Gasteiger partial charge in [-0.05, 0) is 12.1 Å². The van der Waals surface area contributed by atoms with Crippen molar-refractivity contribution < 1.29 is 14.7 Å². The van der Waals surface area contributed by atoms with Gasteiger partial charge in [0.15, 0.2) is 11.6 Å². The molecule has 3 rings (SSSR count).